The van der Waals surface area contributed by atoms with Gasteiger partial charge in [0.1, 0.15) is 11.3 Å². The van der Waals surface area contributed by atoms with Crippen LogP contribution in [0, 0.1) is 18.6 Å². The van der Waals surface area contributed by atoms with Gasteiger partial charge in [-0.2, -0.15) is 0 Å². The lowest BCUT2D eigenvalue weighted by Crippen LogP contribution is -2.03. The van der Waals surface area contributed by atoms with E-state index in [1.807, 2.05) is 25.1 Å². The molecule has 0 saturated carbocycles. The molecule has 0 aliphatic rings. The van der Waals surface area contributed by atoms with Crippen molar-refractivity contribution in [3.8, 4) is 5.69 Å². The summed E-state index contributed by atoms with van der Waals surface area (Å²) in [5, 5.41) is 0. The number of nitrogens with two attached hydrogens (primary N) is 1. The van der Waals surface area contributed by atoms with Gasteiger partial charge in [0.25, 0.3) is 0 Å². The third kappa shape index (κ3) is 1.87. The molecule has 2 N–H and O–H groups in total. The van der Waals surface area contributed by atoms with Gasteiger partial charge in [0.2, 0.25) is 5.95 Å². The molecule has 0 atom stereocenters. The molecule has 0 bridgehead atoms. The Hall–Kier alpha value is -1.95. The van der Waals surface area contributed by atoms with E-state index >= 15 is 0 Å². The maximum atomic E-state index is 13.8. The van der Waals surface area contributed by atoms with Crippen LogP contribution in [0.15, 0.2) is 34.8 Å². The Labute approximate surface area is 122 Å². The zero-order valence-corrected chi connectivity index (χ0v) is 12.1. The number of nitrogens with zero attached hydrogens (tertiary/aromatic N) is 2. The monoisotopic (exact) mass is 337 g/mol. The number of anilines is 1. The number of fused-ring (bicyclic) bond motifs is 1. The first-order chi connectivity index (χ1) is 9.49. The Morgan fingerprint density at radius 3 is 2.75 bits per heavy atom. The lowest BCUT2D eigenvalue weighted by Gasteiger charge is -2.11. The summed E-state index contributed by atoms with van der Waals surface area (Å²) in [6.07, 6.45) is 0. The second kappa shape index (κ2) is 4.56. The van der Waals surface area contributed by atoms with E-state index in [1.54, 1.807) is 4.57 Å². The van der Waals surface area contributed by atoms with E-state index in [-0.39, 0.29) is 11.5 Å². The molecule has 20 heavy (non-hydrogen) atoms. The third-order valence-electron chi connectivity index (χ3n) is 3.18. The number of hydrogen-bond acceptors (Lipinski definition) is 2. The van der Waals surface area contributed by atoms with Crippen LogP contribution in [-0.2, 0) is 0 Å². The van der Waals surface area contributed by atoms with Crippen LogP contribution in [-0.4, -0.2) is 9.55 Å². The predicted octanol–water partition coefficient (Wildman–Crippen LogP) is 3.96. The molecule has 102 valence electrons. The quantitative estimate of drug-likeness (QED) is 0.730. The molecule has 0 unspecified atom stereocenters. The van der Waals surface area contributed by atoms with Crippen molar-refractivity contribution < 1.29 is 8.78 Å². The zero-order chi connectivity index (χ0) is 14.4. The average Bonchev–Trinajstić information content (AvgIpc) is 2.70. The number of aromatic nitrogens is 2. The van der Waals surface area contributed by atoms with E-state index in [4.69, 9.17) is 5.73 Å². The van der Waals surface area contributed by atoms with Crippen molar-refractivity contribution in [2.75, 3.05) is 5.73 Å². The number of imidazole rings is 1. The van der Waals surface area contributed by atoms with Crippen molar-refractivity contribution in [1.29, 1.82) is 0 Å². The number of hydrogen-bond donors (Lipinski definition) is 1. The molecule has 1 aromatic heterocycles. The van der Waals surface area contributed by atoms with Crippen LogP contribution in [0.25, 0.3) is 16.7 Å². The highest BCUT2D eigenvalue weighted by Crippen LogP contribution is 2.30. The average molecular weight is 338 g/mol. The Kier molecular flexibility index (Phi) is 2.97. The van der Waals surface area contributed by atoms with E-state index in [9.17, 15) is 8.78 Å². The summed E-state index contributed by atoms with van der Waals surface area (Å²) in [6, 6.07) is 7.55. The molecular weight excluding hydrogens is 328 g/mol. The second-order valence-corrected chi connectivity index (χ2v) is 5.30. The van der Waals surface area contributed by atoms with Crippen LogP contribution in [0.4, 0.5) is 14.7 Å². The number of benzene rings is 2. The molecule has 0 spiro atoms. The molecular formula is C14H10BrF2N3. The van der Waals surface area contributed by atoms with Crippen molar-refractivity contribution in [2.24, 2.45) is 0 Å². The molecule has 0 aliphatic heterocycles. The summed E-state index contributed by atoms with van der Waals surface area (Å²) >= 11 is 3.43. The molecule has 6 heteroatoms. The summed E-state index contributed by atoms with van der Waals surface area (Å²) in [7, 11) is 0. The Balaban J connectivity index is 2.42. The fraction of sp³-hybridized carbons (Fsp3) is 0.0714. The molecule has 0 saturated heterocycles. The molecule has 0 amide bonds. The first kappa shape index (κ1) is 13.1. The number of nitrogen functional groups attached to an aromatic ring is 1. The van der Waals surface area contributed by atoms with Gasteiger partial charge >= 0.3 is 0 Å². The van der Waals surface area contributed by atoms with E-state index in [0.29, 0.717) is 5.52 Å². The summed E-state index contributed by atoms with van der Waals surface area (Å²) < 4.78 is 29.6. The Morgan fingerprint density at radius 1 is 1.25 bits per heavy atom. The fourth-order valence-corrected chi connectivity index (χ4v) is 2.57. The summed E-state index contributed by atoms with van der Waals surface area (Å²) in [5.41, 5.74) is 7.87. The highest BCUT2D eigenvalue weighted by atomic mass is 79.9. The summed E-state index contributed by atoms with van der Waals surface area (Å²) in [4.78, 5) is 3.98. The van der Waals surface area contributed by atoms with Crippen molar-refractivity contribution in [3.63, 3.8) is 0 Å². The molecule has 2 aromatic carbocycles. The van der Waals surface area contributed by atoms with E-state index in [2.05, 4.69) is 20.9 Å². The van der Waals surface area contributed by atoms with E-state index < -0.39 is 11.6 Å². The summed E-state index contributed by atoms with van der Waals surface area (Å²) in [5.74, 6) is -1.27. The predicted molar refractivity (Wildman–Crippen MR) is 77.8 cm³/mol. The molecule has 0 aliphatic carbocycles. The zero-order valence-electron chi connectivity index (χ0n) is 10.5. The minimum Gasteiger partial charge on any atom is -0.369 e. The highest BCUT2D eigenvalue weighted by Gasteiger charge is 2.16. The SMILES string of the molecule is Cc1c(Br)cccc1-n1c(N)nc2c(F)cc(F)cc21. The van der Waals surface area contributed by atoms with Gasteiger partial charge in [-0.1, -0.05) is 22.0 Å². The molecule has 0 radical (unpaired) electrons. The Bertz CT molecular complexity index is 827. The minimum absolute atomic E-state index is 0.0586. The van der Waals surface area contributed by atoms with Crippen LogP contribution in [0.3, 0.4) is 0 Å². The van der Waals surface area contributed by atoms with Crippen molar-refractivity contribution in [3.05, 3.63) is 52.0 Å². The smallest absolute Gasteiger partial charge is 0.206 e. The fourth-order valence-electron chi connectivity index (χ4n) is 2.21. The number of halogens is 3. The van der Waals surface area contributed by atoms with Gasteiger partial charge in [-0.15, -0.1) is 0 Å². The van der Waals surface area contributed by atoms with Crippen molar-refractivity contribution in [1.82, 2.24) is 9.55 Å². The highest BCUT2D eigenvalue weighted by molar-refractivity contribution is 9.10. The van der Waals surface area contributed by atoms with Crippen LogP contribution < -0.4 is 5.73 Å². The molecule has 3 aromatic rings. The van der Waals surface area contributed by atoms with E-state index in [0.717, 1.165) is 21.8 Å². The maximum absolute atomic E-state index is 13.8. The molecule has 3 rings (SSSR count). The maximum Gasteiger partial charge on any atom is 0.206 e. The molecule has 3 nitrogen and oxygen atoms in total. The van der Waals surface area contributed by atoms with Gasteiger partial charge in [0, 0.05) is 16.6 Å². The van der Waals surface area contributed by atoms with Crippen molar-refractivity contribution in [2.45, 2.75) is 6.92 Å². The lowest BCUT2D eigenvalue weighted by atomic mass is 10.2. The van der Waals surface area contributed by atoms with Crippen molar-refractivity contribution >= 4 is 32.9 Å². The second-order valence-electron chi connectivity index (χ2n) is 4.44. The van der Waals surface area contributed by atoms with Crippen LogP contribution in [0.1, 0.15) is 5.56 Å². The number of rotatable bonds is 1. The molecule has 1 heterocycles. The van der Waals surface area contributed by atoms with Gasteiger partial charge in [0.15, 0.2) is 5.82 Å². The minimum atomic E-state index is -0.724. The Morgan fingerprint density at radius 2 is 2.00 bits per heavy atom. The summed E-state index contributed by atoms with van der Waals surface area (Å²) in [6.45, 7) is 1.89. The van der Waals surface area contributed by atoms with Gasteiger partial charge in [-0.25, -0.2) is 13.8 Å². The largest absolute Gasteiger partial charge is 0.369 e. The van der Waals surface area contributed by atoms with Gasteiger partial charge in [-0.3, -0.25) is 4.57 Å². The topological polar surface area (TPSA) is 43.8 Å². The van der Waals surface area contributed by atoms with E-state index in [1.165, 1.54) is 6.07 Å². The molecule has 0 fully saturated rings. The van der Waals surface area contributed by atoms with Gasteiger partial charge in [0.05, 0.1) is 11.2 Å². The van der Waals surface area contributed by atoms with Crippen LogP contribution in [0.2, 0.25) is 0 Å². The first-order valence-electron chi connectivity index (χ1n) is 5.87. The normalized spacial score (nSPS) is 11.2. The van der Waals surface area contributed by atoms with Crippen LogP contribution in [0.5, 0.6) is 0 Å². The van der Waals surface area contributed by atoms with Gasteiger partial charge < -0.3 is 5.73 Å². The third-order valence-corrected chi connectivity index (χ3v) is 4.04. The lowest BCUT2D eigenvalue weighted by molar-refractivity contribution is 0.590. The van der Waals surface area contributed by atoms with Crippen LogP contribution >= 0.6 is 15.9 Å². The van der Waals surface area contributed by atoms with Gasteiger partial charge in [-0.05, 0) is 24.6 Å². The standard InChI is InChI=1S/C14H10BrF2N3/c1-7-9(15)3-2-4-11(7)20-12-6-8(16)5-10(17)13(12)19-14(20)18/h2-6H,1H3,(H2,18,19). The first-order valence-corrected chi connectivity index (χ1v) is 6.67.